The Morgan fingerprint density at radius 2 is 1.74 bits per heavy atom. The Balaban J connectivity index is 1.43. The van der Waals surface area contributed by atoms with E-state index < -0.39 is 5.66 Å². The summed E-state index contributed by atoms with van der Waals surface area (Å²) in [6.07, 6.45) is 1.65. The van der Waals surface area contributed by atoms with Crippen molar-refractivity contribution in [2.75, 3.05) is 13.1 Å². The minimum Gasteiger partial charge on any atom is -0.342 e. The van der Waals surface area contributed by atoms with Crippen molar-refractivity contribution in [3.8, 4) is 0 Å². The minimum absolute atomic E-state index is 0.113. The van der Waals surface area contributed by atoms with Gasteiger partial charge in [0, 0.05) is 36.5 Å². The van der Waals surface area contributed by atoms with E-state index in [-0.39, 0.29) is 11.8 Å². The van der Waals surface area contributed by atoms with Gasteiger partial charge in [0.15, 0.2) is 0 Å². The van der Waals surface area contributed by atoms with Gasteiger partial charge in [0.05, 0.1) is 6.42 Å². The highest BCUT2D eigenvalue weighted by molar-refractivity contribution is 6.47. The fourth-order valence-electron chi connectivity index (χ4n) is 3.61. The zero-order valence-electron chi connectivity index (χ0n) is 14.8. The molecule has 2 amide bonds. The standard InChI is InChI=1S/C21H20ClN3O2/c22-17-8-6-16(7-9-17)19-20(27)24-21(23-19)10-12-25(13-11-21)18(26)14-15-4-2-1-3-5-15/h1-9H,10-14H2,(H,24,27). The van der Waals surface area contributed by atoms with E-state index in [1.165, 1.54) is 0 Å². The van der Waals surface area contributed by atoms with Gasteiger partial charge in [-0.1, -0.05) is 54.1 Å². The molecule has 2 aromatic carbocycles. The molecule has 2 heterocycles. The van der Waals surface area contributed by atoms with Crippen LogP contribution < -0.4 is 5.32 Å². The van der Waals surface area contributed by atoms with E-state index in [4.69, 9.17) is 16.6 Å². The Morgan fingerprint density at radius 1 is 1.07 bits per heavy atom. The van der Waals surface area contributed by atoms with Gasteiger partial charge in [0.25, 0.3) is 5.91 Å². The molecule has 6 heteroatoms. The molecule has 0 bridgehead atoms. The highest BCUT2D eigenvalue weighted by atomic mass is 35.5. The van der Waals surface area contributed by atoms with Gasteiger partial charge < -0.3 is 10.2 Å². The normalized spacial score (nSPS) is 18.3. The van der Waals surface area contributed by atoms with E-state index in [1.807, 2.05) is 35.2 Å². The summed E-state index contributed by atoms with van der Waals surface area (Å²) in [7, 11) is 0. The summed E-state index contributed by atoms with van der Waals surface area (Å²) < 4.78 is 0. The van der Waals surface area contributed by atoms with Gasteiger partial charge in [-0.3, -0.25) is 14.6 Å². The van der Waals surface area contributed by atoms with Crippen LogP contribution in [0.2, 0.25) is 5.02 Å². The number of benzene rings is 2. The second-order valence-corrected chi connectivity index (χ2v) is 7.43. The van der Waals surface area contributed by atoms with E-state index in [0.717, 1.165) is 11.1 Å². The lowest BCUT2D eigenvalue weighted by Crippen LogP contribution is -2.52. The Kier molecular flexibility index (Phi) is 4.70. The van der Waals surface area contributed by atoms with Crippen molar-refractivity contribution in [3.05, 3.63) is 70.7 Å². The van der Waals surface area contributed by atoms with E-state index in [2.05, 4.69) is 5.32 Å². The lowest BCUT2D eigenvalue weighted by molar-refractivity contribution is -0.132. The Bertz CT molecular complexity index is 885. The Morgan fingerprint density at radius 3 is 2.41 bits per heavy atom. The highest BCUT2D eigenvalue weighted by Crippen LogP contribution is 2.29. The Labute approximate surface area is 163 Å². The van der Waals surface area contributed by atoms with E-state index in [9.17, 15) is 9.59 Å². The van der Waals surface area contributed by atoms with Crippen molar-refractivity contribution in [1.82, 2.24) is 10.2 Å². The van der Waals surface area contributed by atoms with Gasteiger partial charge in [0.1, 0.15) is 11.4 Å². The number of aliphatic imine (C=N–C) groups is 1. The molecule has 2 aliphatic heterocycles. The maximum Gasteiger partial charge on any atom is 0.272 e. The van der Waals surface area contributed by atoms with Crippen LogP contribution >= 0.6 is 11.6 Å². The van der Waals surface area contributed by atoms with Crippen molar-refractivity contribution >= 4 is 29.1 Å². The highest BCUT2D eigenvalue weighted by Gasteiger charge is 2.42. The number of rotatable bonds is 3. The van der Waals surface area contributed by atoms with Crippen LogP contribution in [0.1, 0.15) is 24.0 Å². The molecule has 1 N–H and O–H groups in total. The molecule has 4 rings (SSSR count). The summed E-state index contributed by atoms with van der Waals surface area (Å²) >= 11 is 5.92. The molecule has 2 aliphatic rings. The number of amides is 2. The van der Waals surface area contributed by atoms with Crippen molar-refractivity contribution in [3.63, 3.8) is 0 Å². The number of halogens is 1. The maximum absolute atomic E-state index is 12.5. The van der Waals surface area contributed by atoms with Crippen LogP contribution in [0.3, 0.4) is 0 Å². The number of hydrogen-bond donors (Lipinski definition) is 1. The van der Waals surface area contributed by atoms with Gasteiger partial charge in [0.2, 0.25) is 5.91 Å². The summed E-state index contributed by atoms with van der Waals surface area (Å²) in [5.41, 5.74) is 1.61. The third-order valence-corrected chi connectivity index (χ3v) is 5.40. The Hall–Kier alpha value is -2.66. The third kappa shape index (κ3) is 3.74. The average Bonchev–Trinajstić information content (AvgIpc) is 2.99. The molecule has 5 nitrogen and oxygen atoms in total. The van der Waals surface area contributed by atoms with Gasteiger partial charge in [-0.2, -0.15) is 0 Å². The first kappa shape index (κ1) is 17.7. The fraction of sp³-hybridized carbons (Fsp3) is 0.286. The van der Waals surface area contributed by atoms with E-state index in [1.54, 1.807) is 24.3 Å². The fourth-order valence-corrected chi connectivity index (χ4v) is 3.74. The van der Waals surface area contributed by atoms with Crippen LogP contribution in [0.4, 0.5) is 0 Å². The first-order valence-electron chi connectivity index (χ1n) is 9.05. The number of carbonyl (C=O) groups excluding carboxylic acids is 2. The predicted octanol–water partition coefficient (Wildman–Crippen LogP) is 2.82. The SMILES string of the molecule is O=C1NC2(CCN(C(=O)Cc3ccccc3)CC2)N=C1c1ccc(Cl)cc1. The van der Waals surface area contributed by atoms with Gasteiger partial charge >= 0.3 is 0 Å². The number of nitrogens with one attached hydrogen (secondary N) is 1. The van der Waals surface area contributed by atoms with Crippen molar-refractivity contribution in [2.24, 2.45) is 4.99 Å². The number of piperidine rings is 1. The number of hydrogen-bond acceptors (Lipinski definition) is 3. The molecule has 0 radical (unpaired) electrons. The molecule has 0 aromatic heterocycles. The smallest absolute Gasteiger partial charge is 0.272 e. The number of nitrogens with zero attached hydrogens (tertiary/aromatic N) is 2. The quantitative estimate of drug-likeness (QED) is 0.888. The van der Waals surface area contributed by atoms with E-state index >= 15 is 0 Å². The first-order valence-corrected chi connectivity index (χ1v) is 9.42. The molecule has 0 atom stereocenters. The minimum atomic E-state index is -0.602. The molecule has 1 fully saturated rings. The second kappa shape index (κ2) is 7.16. The topological polar surface area (TPSA) is 61.8 Å². The van der Waals surface area contributed by atoms with Gasteiger partial charge in [-0.15, -0.1) is 0 Å². The van der Waals surface area contributed by atoms with Crippen molar-refractivity contribution in [2.45, 2.75) is 24.9 Å². The summed E-state index contributed by atoms with van der Waals surface area (Å²) in [5, 5.41) is 3.65. The molecule has 1 saturated heterocycles. The molecule has 1 spiro atoms. The summed E-state index contributed by atoms with van der Waals surface area (Å²) in [6.45, 7) is 1.17. The maximum atomic E-state index is 12.5. The monoisotopic (exact) mass is 381 g/mol. The van der Waals surface area contributed by atoms with Crippen LogP contribution in [0.15, 0.2) is 59.6 Å². The molecular weight excluding hydrogens is 362 g/mol. The molecule has 0 saturated carbocycles. The van der Waals surface area contributed by atoms with Crippen molar-refractivity contribution < 1.29 is 9.59 Å². The molecule has 138 valence electrons. The lowest BCUT2D eigenvalue weighted by Gasteiger charge is -2.37. The molecular formula is C21H20ClN3O2. The third-order valence-electron chi connectivity index (χ3n) is 5.15. The summed E-state index contributed by atoms with van der Waals surface area (Å²) in [4.78, 5) is 31.6. The number of likely N-dealkylation sites (tertiary alicyclic amines) is 1. The molecule has 2 aromatic rings. The average molecular weight is 382 g/mol. The largest absolute Gasteiger partial charge is 0.342 e. The zero-order valence-corrected chi connectivity index (χ0v) is 15.6. The molecule has 0 unspecified atom stereocenters. The predicted molar refractivity (Wildman–Crippen MR) is 105 cm³/mol. The molecule has 27 heavy (non-hydrogen) atoms. The zero-order chi connectivity index (χ0) is 18.9. The van der Waals surface area contributed by atoms with Crippen LogP contribution in [0.25, 0.3) is 0 Å². The second-order valence-electron chi connectivity index (χ2n) is 7.00. The molecule has 0 aliphatic carbocycles. The van der Waals surface area contributed by atoms with Crippen LogP contribution in [-0.4, -0.2) is 41.2 Å². The van der Waals surface area contributed by atoms with Crippen molar-refractivity contribution in [1.29, 1.82) is 0 Å². The summed E-state index contributed by atoms with van der Waals surface area (Å²) in [6, 6.07) is 16.9. The van der Waals surface area contributed by atoms with Crippen LogP contribution in [-0.2, 0) is 16.0 Å². The van der Waals surface area contributed by atoms with E-state index in [0.29, 0.717) is 43.1 Å². The first-order chi connectivity index (χ1) is 13.0. The van der Waals surface area contributed by atoms with Crippen LogP contribution in [0, 0.1) is 0 Å². The lowest BCUT2D eigenvalue weighted by atomic mass is 9.97. The number of carbonyl (C=O) groups is 2. The summed E-state index contributed by atoms with van der Waals surface area (Å²) in [5.74, 6) is -0.0522. The van der Waals surface area contributed by atoms with Gasteiger partial charge in [-0.25, -0.2) is 0 Å². The van der Waals surface area contributed by atoms with Crippen LogP contribution in [0.5, 0.6) is 0 Å². The van der Waals surface area contributed by atoms with Gasteiger partial charge in [-0.05, 0) is 17.7 Å².